The molecule has 0 aromatic heterocycles. The molecule has 0 aliphatic rings. The first kappa shape index (κ1) is 11.0. The summed E-state index contributed by atoms with van der Waals surface area (Å²) in [5.74, 6) is 0. The molecule has 0 heterocycles. The molecule has 0 unspecified atom stereocenters. The lowest BCUT2D eigenvalue weighted by Crippen LogP contribution is -2.16. The van der Waals surface area contributed by atoms with E-state index >= 15 is 0 Å². The van der Waals surface area contributed by atoms with E-state index in [0.29, 0.717) is 0 Å². The zero-order valence-electron chi connectivity index (χ0n) is 7.17. The smallest absolute Gasteiger partial charge is 0.0202 e. The fourth-order valence-electron chi connectivity index (χ4n) is 0.594. The number of hydrogen-bond donors (Lipinski definition) is 0. The minimum absolute atomic E-state index is 0.290. The Labute approximate surface area is 81.0 Å². The summed E-state index contributed by atoms with van der Waals surface area (Å²) in [5.41, 5.74) is 0. The maximum absolute atomic E-state index is 3.61. The second-order valence-electron chi connectivity index (χ2n) is 3.94. The molecule has 0 fully saturated rings. The molecule has 0 radical (unpaired) electrons. The molecule has 0 amide bonds. The van der Waals surface area contributed by atoms with Crippen LogP contribution in [0.15, 0.2) is 0 Å². The van der Waals surface area contributed by atoms with E-state index in [1.54, 1.807) is 0 Å². The Balaban J connectivity index is 3.56. The van der Waals surface area contributed by atoms with Gasteiger partial charge in [0.25, 0.3) is 0 Å². The van der Waals surface area contributed by atoms with Gasteiger partial charge in [0.1, 0.15) is 0 Å². The first-order valence-corrected chi connectivity index (χ1v) is 5.17. The molecule has 0 N–H and O–H groups in total. The normalized spacial score (nSPS) is 13.8. The van der Waals surface area contributed by atoms with E-state index in [1.165, 1.54) is 12.8 Å². The van der Waals surface area contributed by atoms with Gasteiger partial charge in [0, 0.05) is 8.65 Å². The van der Waals surface area contributed by atoms with Crippen LogP contribution >= 0.6 is 31.9 Å². The predicted octanol–water partition coefficient (Wildman–Crippen LogP) is 4.11. The Morgan fingerprint density at radius 2 is 1.00 bits per heavy atom. The van der Waals surface area contributed by atoms with E-state index in [-0.39, 0.29) is 8.65 Å². The molecule has 0 rings (SSSR count). The SMILES string of the molecule is CC(C)(Br)CCC(C)(C)Br. The summed E-state index contributed by atoms with van der Waals surface area (Å²) in [6.45, 7) is 8.80. The van der Waals surface area contributed by atoms with Crippen molar-refractivity contribution >= 4 is 31.9 Å². The van der Waals surface area contributed by atoms with Crippen LogP contribution in [0.25, 0.3) is 0 Å². The van der Waals surface area contributed by atoms with Crippen LogP contribution in [0.1, 0.15) is 40.5 Å². The Morgan fingerprint density at radius 1 is 0.800 bits per heavy atom. The highest BCUT2D eigenvalue weighted by Crippen LogP contribution is 2.30. The predicted molar refractivity (Wildman–Crippen MR) is 55.2 cm³/mol. The summed E-state index contributed by atoms with van der Waals surface area (Å²) >= 11 is 7.22. The van der Waals surface area contributed by atoms with Gasteiger partial charge in [-0.05, 0) is 12.8 Å². The third kappa shape index (κ3) is 8.96. The van der Waals surface area contributed by atoms with E-state index in [1.807, 2.05) is 0 Å². The van der Waals surface area contributed by atoms with E-state index in [2.05, 4.69) is 59.6 Å². The zero-order chi connectivity index (χ0) is 8.41. The minimum atomic E-state index is 0.290. The molecule has 0 atom stereocenters. The molecule has 2 heteroatoms. The van der Waals surface area contributed by atoms with Gasteiger partial charge < -0.3 is 0 Å². The van der Waals surface area contributed by atoms with Gasteiger partial charge in [0.2, 0.25) is 0 Å². The largest absolute Gasteiger partial charge is 0.0859 e. The van der Waals surface area contributed by atoms with Crippen molar-refractivity contribution in [2.24, 2.45) is 0 Å². The van der Waals surface area contributed by atoms with Crippen LogP contribution in [-0.4, -0.2) is 8.65 Å². The Bertz CT molecular complexity index is 80.8. The molecule has 0 aliphatic heterocycles. The average molecular weight is 272 g/mol. The molecule has 0 saturated heterocycles. The van der Waals surface area contributed by atoms with E-state index in [9.17, 15) is 0 Å². The first-order valence-electron chi connectivity index (χ1n) is 3.59. The lowest BCUT2D eigenvalue weighted by Gasteiger charge is -2.22. The van der Waals surface area contributed by atoms with Crippen LogP contribution in [0, 0.1) is 0 Å². The summed E-state index contributed by atoms with van der Waals surface area (Å²) < 4.78 is 0.579. The van der Waals surface area contributed by atoms with Gasteiger partial charge in [-0.3, -0.25) is 0 Å². The minimum Gasteiger partial charge on any atom is -0.0859 e. The molecular formula is C8H16Br2. The van der Waals surface area contributed by atoms with E-state index in [4.69, 9.17) is 0 Å². The van der Waals surface area contributed by atoms with Crippen molar-refractivity contribution in [3.8, 4) is 0 Å². The van der Waals surface area contributed by atoms with Gasteiger partial charge in [-0.2, -0.15) is 0 Å². The van der Waals surface area contributed by atoms with Gasteiger partial charge in [0.15, 0.2) is 0 Å². The molecule has 0 nitrogen and oxygen atoms in total. The molecule has 0 spiro atoms. The monoisotopic (exact) mass is 270 g/mol. The summed E-state index contributed by atoms with van der Waals surface area (Å²) in [5, 5.41) is 0. The van der Waals surface area contributed by atoms with E-state index in [0.717, 1.165) is 0 Å². The highest BCUT2D eigenvalue weighted by molar-refractivity contribution is 9.10. The van der Waals surface area contributed by atoms with Crippen molar-refractivity contribution in [3.05, 3.63) is 0 Å². The Morgan fingerprint density at radius 3 is 1.10 bits per heavy atom. The second kappa shape index (κ2) is 3.57. The first-order chi connectivity index (χ1) is 4.21. The number of halogens is 2. The summed E-state index contributed by atoms with van der Waals surface area (Å²) in [6, 6.07) is 0. The highest BCUT2D eigenvalue weighted by Gasteiger charge is 2.19. The second-order valence-corrected chi connectivity index (χ2v) is 8.23. The fourth-order valence-corrected chi connectivity index (χ4v) is 0.991. The van der Waals surface area contributed by atoms with Gasteiger partial charge in [0.05, 0.1) is 0 Å². The molecule has 0 aromatic carbocycles. The van der Waals surface area contributed by atoms with Gasteiger partial charge >= 0.3 is 0 Å². The third-order valence-corrected chi connectivity index (χ3v) is 2.11. The quantitative estimate of drug-likeness (QED) is 0.678. The number of rotatable bonds is 3. The van der Waals surface area contributed by atoms with Crippen LogP contribution < -0.4 is 0 Å². The van der Waals surface area contributed by atoms with Crippen molar-refractivity contribution in [1.82, 2.24) is 0 Å². The van der Waals surface area contributed by atoms with Gasteiger partial charge in [-0.15, -0.1) is 0 Å². The van der Waals surface area contributed by atoms with Crippen molar-refractivity contribution in [3.63, 3.8) is 0 Å². The van der Waals surface area contributed by atoms with Crippen LogP contribution in [0.3, 0.4) is 0 Å². The van der Waals surface area contributed by atoms with Crippen LogP contribution in [0.4, 0.5) is 0 Å². The Hall–Kier alpha value is 0.960. The lowest BCUT2D eigenvalue weighted by atomic mass is 10.0. The summed E-state index contributed by atoms with van der Waals surface area (Å²) in [7, 11) is 0. The maximum Gasteiger partial charge on any atom is 0.0202 e. The molecule has 0 aliphatic carbocycles. The molecule has 10 heavy (non-hydrogen) atoms. The Kier molecular flexibility index (Phi) is 3.92. The zero-order valence-corrected chi connectivity index (χ0v) is 10.3. The van der Waals surface area contributed by atoms with Crippen LogP contribution in [0.2, 0.25) is 0 Å². The molecule has 0 aromatic rings. The van der Waals surface area contributed by atoms with Crippen LogP contribution in [0.5, 0.6) is 0 Å². The summed E-state index contributed by atoms with van der Waals surface area (Å²) in [6.07, 6.45) is 2.40. The lowest BCUT2D eigenvalue weighted by molar-refractivity contribution is 0.547. The molecule has 0 bridgehead atoms. The topological polar surface area (TPSA) is 0 Å². The average Bonchev–Trinajstić information content (AvgIpc) is 1.57. The molecule has 62 valence electrons. The summed E-state index contributed by atoms with van der Waals surface area (Å²) in [4.78, 5) is 0. The van der Waals surface area contributed by atoms with Crippen LogP contribution in [-0.2, 0) is 0 Å². The highest BCUT2D eigenvalue weighted by atomic mass is 79.9. The van der Waals surface area contributed by atoms with Gasteiger partial charge in [-0.1, -0.05) is 59.6 Å². The van der Waals surface area contributed by atoms with E-state index < -0.39 is 0 Å². The van der Waals surface area contributed by atoms with Gasteiger partial charge in [-0.25, -0.2) is 0 Å². The van der Waals surface area contributed by atoms with Crippen molar-refractivity contribution in [2.75, 3.05) is 0 Å². The number of alkyl halides is 2. The third-order valence-electron chi connectivity index (χ3n) is 1.31. The molecule has 0 saturated carbocycles. The number of hydrogen-bond acceptors (Lipinski definition) is 0. The van der Waals surface area contributed by atoms with Crippen molar-refractivity contribution < 1.29 is 0 Å². The fraction of sp³-hybridized carbons (Fsp3) is 1.00. The molecular weight excluding hydrogens is 256 g/mol. The van der Waals surface area contributed by atoms with Crippen molar-refractivity contribution in [1.29, 1.82) is 0 Å². The standard InChI is InChI=1S/C8H16Br2/c1-7(2,9)5-6-8(3,4)10/h5-6H2,1-4H3. The maximum atomic E-state index is 3.61. The van der Waals surface area contributed by atoms with Crippen molar-refractivity contribution in [2.45, 2.75) is 49.2 Å².